The average molecular weight is 614 g/mol. The lowest BCUT2D eigenvalue weighted by Crippen LogP contribution is -2.40. The quantitative estimate of drug-likeness (QED) is 0.207. The molecule has 190 valence electrons. The number of hydrogen-bond acceptors (Lipinski definition) is 3. The highest BCUT2D eigenvalue weighted by Crippen LogP contribution is 2.40. The number of nitrogens with zero attached hydrogens (tertiary/aromatic N) is 1. The number of methoxy groups -OCH3 is 1. The van der Waals surface area contributed by atoms with Crippen LogP contribution >= 0.6 is 22.6 Å². The van der Waals surface area contributed by atoms with E-state index in [1.54, 1.807) is 7.11 Å². The van der Waals surface area contributed by atoms with E-state index in [4.69, 9.17) is 9.47 Å². The third-order valence-electron chi connectivity index (χ3n) is 7.11. The van der Waals surface area contributed by atoms with Crippen LogP contribution in [0.1, 0.15) is 38.8 Å². The van der Waals surface area contributed by atoms with E-state index < -0.39 is 0 Å². The van der Waals surface area contributed by atoms with Crippen LogP contribution in [0.5, 0.6) is 11.5 Å². The molecule has 0 fully saturated rings. The van der Waals surface area contributed by atoms with Crippen LogP contribution in [0.15, 0.2) is 97.1 Å². The van der Waals surface area contributed by atoms with Crippen molar-refractivity contribution in [2.75, 3.05) is 13.7 Å². The van der Waals surface area contributed by atoms with Crippen LogP contribution in [-0.4, -0.2) is 29.4 Å². The topological polar surface area (TPSA) is 54.6 Å². The molecule has 1 aromatic heterocycles. The molecule has 0 saturated carbocycles. The third-order valence-corrected chi connectivity index (χ3v) is 7.78. The van der Waals surface area contributed by atoms with Gasteiger partial charge in [0.2, 0.25) is 0 Å². The summed E-state index contributed by atoms with van der Waals surface area (Å²) in [6.07, 6.45) is 0.771. The first-order valence-corrected chi connectivity index (χ1v) is 13.7. The van der Waals surface area contributed by atoms with Gasteiger partial charge in [0.05, 0.1) is 13.2 Å². The molecule has 6 heteroatoms. The van der Waals surface area contributed by atoms with E-state index in [0.29, 0.717) is 18.7 Å². The number of carbonyl (C=O) groups is 1. The minimum absolute atomic E-state index is 0.0276. The Morgan fingerprint density at radius 1 is 0.947 bits per heavy atom. The second-order valence-corrected chi connectivity index (χ2v) is 10.7. The summed E-state index contributed by atoms with van der Waals surface area (Å²) < 4.78 is 12.6. The SMILES string of the molecule is COc1ccc2[nH]c3c(c2c1)CCN(C(=O)c1cccc(I)c1)[C@@H]3c1ccc(OCc2ccccc2)cc1. The maximum absolute atomic E-state index is 13.9. The predicted octanol–water partition coefficient (Wildman–Crippen LogP) is 7.15. The minimum Gasteiger partial charge on any atom is -0.497 e. The molecule has 0 unspecified atom stereocenters. The van der Waals surface area contributed by atoms with Gasteiger partial charge in [-0.15, -0.1) is 0 Å². The van der Waals surface area contributed by atoms with E-state index in [0.717, 1.165) is 49.2 Å². The molecular weight excluding hydrogens is 587 g/mol. The predicted molar refractivity (Wildman–Crippen MR) is 158 cm³/mol. The van der Waals surface area contributed by atoms with Crippen molar-refractivity contribution in [2.24, 2.45) is 0 Å². The molecular formula is C32H27IN2O3. The molecule has 38 heavy (non-hydrogen) atoms. The summed E-state index contributed by atoms with van der Waals surface area (Å²) in [7, 11) is 1.69. The molecule has 0 radical (unpaired) electrons. The number of H-pyrrole nitrogens is 1. The van der Waals surface area contributed by atoms with Gasteiger partial charge in [-0.25, -0.2) is 0 Å². The molecule has 1 atom stereocenters. The summed E-state index contributed by atoms with van der Waals surface area (Å²) in [6, 6.07) is 31.9. The molecule has 6 rings (SSSR count). The molecule has 0 saturated heterocycles. The van der Waals surface area contributed by atoms with Crippen LogP contribution in [0.3, 0.4) is 0 Å². The molecule has 5 nitrogen and oxygen atoms in total. The molecule has 2 heterocycles. The van der Waals surface area contributed by atoms with Crippen molar-refractivity contribution in [3.63, 3.8) is 0 Å². The standard InChI is InChI=1S/C32H27IN2O3/c1-37-26-14-15-29-28(19-26)27-16-17-35(32(36)23-8-5-9-24(33)18-23)31(30(27)34-29)22-10-12-25(13-11-22)38-20-21-6-3-2-4-7-21/h2-15,18-19,31,34H,16-17,20H2,1H3/t31-/m1/s1. The van der Waals surface area contributed by atoms with Crippen molar-refractivity contribution >= 4 is 39.4 Å². The smallest absolute Gasteiger partial charge is 0.254 e. The molecule has 1 aliphatic heterocycles. The highest BCUT2D eigenvalue weighted by Gasteiger charge is 2.35. The summed E-state index contributed by atoms with van der Waals surface area (Å²) in [5, 5.41) is 1.15. The van der Waals surface area contributed by atoms with E-state index in [9.17, 15) is 4.79 Å². The number of fused-ring (bicyclic) bond motifs is 3. The number of nitrogens with one attached hydrogen (secondary N) is 1. The minimum atomic E-state index is -0.245. The van der Waals surface area contributed by atoms with Crippen molar-refractivity contribution in [3.05, 3.63) is 129 Å². The van der Waals surface area contributed by atoms with Gasteiger partial charge in [-0.1, -0.05) is 48.5 Å². The Morgan fingerprint density at radius 3 is 2.50 bits per heavy atom. The summed E-state index contributed by atoms with van der Waals surface area (Å²) >= 11 is 2.26. The summed E-state index contributed by atoms with van der Waals surface area (Å²) in [4.78, 5) is 19.5. The van der Waals surface area contributed by atoms with E-state index >= 15 is 0 Å². The highest BCUT2D eigenvalue weighted by atomic mass is 127. The third kappa shape index (κ3) is 4.76. The number of halogens is 1. The van der Waals surface area contributed by atoms with E-state index in [-0.39, 0.29) is 11.9 Å². The Hall–Kier alpha value is -3.78. The largest absolute Gasteiger partial charge is 0.497 e. The van der Waals surface area contributed by atoms with Crippen molar-refractivity contribution in [2.45, 2.75) is 19.1 Å². The summed E-state index contributed by atoms with van der Waals surface area (Å²) in [5.41, 5.74) is 6.20. The zero-order valence-corrected chi connectivity index (χ0v) is 23.1. The fourth-order valence-electron chi connectivity index (χ4n) is 5.23. The number of aromatic nitrogens is 1. The Morgan fingerprint density at radius 2 is 1.74 bits per heavy atom. The van der Waals surface area contributed by atoms with Gasteiger partial charge in [0, 0.05) is 32.3 Å². The second-order valence-electron chi connectivity index (χ2n) is 9.43. The van der Waals surface area contributed by atoms with Crippen molar-refractivity contribution < 1.29 is 14.3 Å². The highest BCUT2D eigenvalue weighted by molar-refractivity contribution is 14.1. The molecule has 0 aliphatic carbocycles. The number of carbonyl (C=O) groups excluding carboxylic acids is 1. The molecule has 5 aromatic rings. The van der Waals surface area contributed by atoms with Gasteiger partial charge in [-0.3, -0.25) is 4.79 Å². The van der Waals surface area contributed by atoms with Crippen molar-refractivity contribution in [1.82, 2.24) is 9.88 Å². The van der Waals surface area contributed by atoms with Gasteiger partial charge >= 0.3 is 0 Å². The second kappa shape index (κ2) is 10.5. The lowest BCUT2D eigenvalue weighted by atomic mass is 9.91. The Labute approximate surface area is 235 Å². The number of hydrogen-bond donors (Lipinski definition) is 1. The van der Waals surface area contributed by atoms with Gasteiger partial charge < -0.3 is 19.4 Å². The van der Waals surface area contributed by atoms with Crippen LogP contribution < -0.4 is 9.47 Å². The number of amides is 1. The Balaban J connectivity index is 1.38. The lowest BCUT2D eigenvalue weighted by Gasteiger charge is -2.36. The molecule has 0 bridgehead atoms. The number of aromatic amines is 1. The average Bonchev–Trinajstić information content (AvgIpc) is 3.34. The molecule has 4 aromatic carbocycles. The maximum Gasteiger partial charge on any atom is 0.254 e. The normalized spacial score (nSPS) is 14.8. The van der Waals surface area contributed by atoms with Gasteiger partial charge in [-0.2, -0.15) is 0 Å². The zero-order chi connectivity index (χ0) is 26.1. The van der Waals surface area contributed by atoms with E-state index in [1.807, 2.05) is 65.6 Å². The number of benzene rings is 4. The first-order valence-electron chi connectivity index (χ1n) is 12.6. The van der Waals surface area contributed by atoms with Gasteiger partial charge in [0.15, 0.2) is 0 Å². The molecule has 0 spiro atoms. The monoisotopic (exact) mass is 614 g/mol. The number of ether oxygens (including phenoxy) is 2. The van der Waals surface area contributed by atoms with Crippen LogP contribution in [0.25, 0.3) is 10.9 Å². The van der Waals surface area contributed by atoms with Crippen molar-refractivity contribution in [3.8, 4) is 11.5 Å². The Bertz CT molecular complexity index is 1590. The van der Waals surface area contributed by atoms with Gasteiger partial charge in [0.1, 0.15) is 18.1 Å². The first kappa shape index (κ1) is 24.6. The van der Waals surface area contributed by atoms with Gasteiger partial charge in [0.25, 0.3) is 5.91 Å². The lowest BCUT2D eigenvalue weighted by molar-refractivity contribution is 0.0692. The van der Waals surface area contributed by atoms with Crippen LogP contribution in [0.4, 0.5) is 0 Å². The van der Waals surface area contributed by atoms with E-state index in [2.05, 4.69) is 64.0 Å². The van der Waals surface area contributed by atoms with Gasteiger partial charge in [-0.05, 0) is 94.2 Å². The molecule has 1 N–H and O–H groups in total. The molecule has 1 aliphatic rings. The maximum atomic E-state index is 13.9. The molecule has 1 amide bonds. The summed E-state index contributed by atoms with van der Waals surface area (Å²) in [5.74, 6) is 1.65. The fraction of sp³-hybridized carbons (Fsp3) is 0.156. The zero-order valence-electron chi connectivity index (χ0n) is 21.0. The van der Waals surface area contributed by atoms with E-state index in [1.165, 1.54) is 5.56 Å². The Kier molecular flexibility index (Phi) is 6.81. The summed E-state index contributed by atoms with van der Waals surface area (Å²) in [6.45, 7) is 1.13. The van der Waals surface area contributed by atoms with Crippen molar-refractivity contribution in [1.29, 1.82) is 0 Å². The first-order chi connectivity index (χ1) is 18.6. The van der Waals surface area contributed by atoms with Crippen LogP contribution in [0.2, 0.25) is 0 Å². The number of rotatable bonds is 6. The fourth-order valence-corrected chi connectivity index (χ4v) is 5.78. The van der Waals surface area contributed by atoms with Crippen LogP contribution in [-0.2, 0) is 13.0 Å². The van der Waals surface area contributed by atoms with Crippen LogP contribution in [0, 0.1) is 3.57 Å².